The van der Waals surface area contributed by atoms with Gasteiger partial charge in [0.15, 0.2) is 0 Å². The minimum Gasteiger partial charge on any atom is -0.465 e. The number of nitrogens with one attached hydrogen (secondary N) is 1. The molecule has 0 aliphatic carbocycles. The van der Waals surface area contributed by atoms with E-state index < -0.39 is 22.0 Å². The molecule has 0 amide bonds. The third-order valence-corrected chi connectivity index (χ3v) is 4.90. The number of nitrogens with two attached hydrogens (primary N) is 1. The monoisotopic (exact) mass is 332 g/mol. The number of furan rings is 1. The van der Waals surface area contributed by atoms with Gasteiger partial charge < -0.3 is 14.9 Å². The first-order valence-electron chi connectivity index (χ1n) is 7.04. The van der Waals surface area contributed by atoms with Crippen LogP contribution in [-0.4, -0.2) is 34.1 Å². The Morgan fingerprint density at radius 1 is 1.32 bits per heavy atom. The molecule has 0 bridgehead atoms. The van der Waals surface area contributed by atoms with Gasteiger partial charge in [-0.2, -0.15) is 0 Å². The van der Waals surface area contributed by atoms with Crippen molar-refractivity contribution in [1.29, 1.82) is 0 Å². The lowest BCUT2D eigenvalue weighted by molar-refractivity contribution is 0.0595. The predicted octanol–water partition coefficient (Wildman–Crippen LogP) is 1.33. The van der Waals surface area contributed by atoms with Crippen molar-refractivity contribution in [2.45, 2.75) is 45.1 Å². The molecule has 8 heteroatoms. The molecule has 7 nitrogen and oxygen atoms in total. The number of carbonyl (C=O) groups is 1. The molecule has 1 atom stereocenters. The molecule has 1 heterocycles. The van der Waals surface area contributed by atoms with Crippen LogP contribution in [0.2, 0.25) is 0 Å². The molecule has 22 heavy (non-hydrogen) atoms. The van der Waals surface area contributed by atoms with Crippen LogP contribution in [0.15, 0.2) is 9.31 Å². The second-order valence-electron chi connectivity index (χ2n) is 5.59. The Hall–Kier alpha value is -1.38. The number of carbonyl (C=O) groups excluding carboxylic acids is 1. The highest BCUT2D eigenvalue weighted by atomic mass is 32.2. The van der Waals surface area contributed by atoms with Crippen LogP contribution >= 0.6 is 0 Å². The number of hydrogen-bond donors (Lipinski definition) is 2. The zero-order chi connectivity index (χ0) is 17.1. The summed E-state index contributed by atoms with van der Waals surface area (Å²) in [5.74, 6) is -0.116. The lowest BCUT2D eigenvalue weighted by Crippen LogP contribution is -2.41. The predicted molar refractivity (Wildman–Crippen MR) is 82.1 cm³/mol. The summed E-state index contributed by atoms with van der Waals surface area (Å²) in [6.07, 6.45) is 0.596. The molecule has 126 valence electrons. The fraction of sp³-hybridized carbons (Fsp3) is 0.643. The summed E-state index contributed by atoms with van der Waals surface area (Å²) in [7, 11) is -2.75. The molecule has 0 aromatic carbocycles. The maximum Gasteiger partial charge on any atom is 0.342 e. The third-order valence-electron chi connectivity index (χ3n) is 3.23. The lowest BCUT2D eigenvalue weighted by Gasteiger charge is -2.19. The summed E-state index contributed by atoms with van der Waals surface area (Å²) in [6.45, 7) is 7.13. The van der Waals surface area contributed by atoms with Crippen molar-refractivity contribution >= 4 is 16.0 Å². The van der Waals surface area contributed by atoms with Crippen molar-refractivity contribution in [2.75, 3.05) is 13.7 Å². The molecule has 0 aliphatic rings. The van der Waals surface area contributed by atoms with Crippen LogP contribution in [0.25, 0.3) is 0 Å². The minimum absolute atomic E-state index is 0.0761. The molecular formula is C14H24N2O5S. The number of rotatable bonds is 7. The first-order chi connectivity index (χ1) is 10.1. The quantitative estimate of drug-likeness (QED) is 0.729. The van der Waals surface area contributed by atoms with Crippen molar-refractivity contribution in [2.24, 2.45) is 11.7 Å². The number of ether oxygens (including phenoxy) is 1. The number of esters is 1. The maximum absolute atomic E-state index is 12.6. The molecule has 1 aromatic rings. The average Bonchev–Trinajstić information content (AvgIpc) is 2.71. The Kier molecular flexibility index (Phi) is 6.16. The summed E-state index contributed by atoms with van der Waals surface area (Å²) in [6, 6.07) is -0.412. The zero-order valence-electron chi connectivity index (χ0n) is 13.6. The fourth-order valence-corrected chi connectivity index (χ4v) is 4.03. The Balaban J connectivity index is 3.26. The Morgan fingerprint density at radius 3 is 2.36 bits per heavy atom. The summed E-state index contributed by atoms with van der Waals surface area (Å²) in [5, 5.41) is 0. The van der Waals surface area contributed by atoms with Crippen LogP contribution in [0.5, 0.6) is 0 Å². The number of hydrogen-bond acceptors (Lipinski definition) is 6. The van der Waals surface area contributed by atoms with E-state index >= 15 is 0 Å². The third kappa shape index (κ3) is 4.08. The molecule has 0 spiro atoms. The van der Waals surface area contributed by atoms with E-state index in [1.54, 1.807) is 0 Å². The van der Waals surface area contributed by atoms with E-state index in [9.17, 15) is 13.2 Å². The van der Waals surface area contributed by atoms with Crippen LogP contribution in [0.1, 0.15) is 42.1 Å². The van der Waals surface area contributed by atoms with E-state index in [-0.39, 0.29) is 34.4 Å². The van der Waals surface area contributed by atoms with Gasteiger partial charge in [0.1, 0.15) is 22.0 Å². The molecule has 1 rings (SSSR count). The van der Waals surface area contributed by atoms with Crippen molar-refractivity contribution in [3.05, 3.63) is 17.1 Å². The summed E-state index contributed by atoms with van der Waals surface area (Å²) >= 11 is 0. The molecule has 0 saturated heterocycles. The van der Waals surface area contributed by atoms with Crippen LogP contribution in [-0.2, 0) is 14.8 Å². The molecule has 3 N–H and O–H groups in total. The van der Waals surface area contributed by atoms with Gasteiger partial charge in [0.05, 0.1) is 7.11 Å². The second kappa shape index (κ2) is 7.26. The summed E-state index contributed by atoms with van der Waals surface area (Å²) in [4.78, 5) is 11.7. The average molecular weight is 332 g/mol. The molecule has 0 aliphatic heterocycles. The first kappa shape index (κ1) is 18.7. The van der Waals surface area contributed by atoms with Gasteiger partial charge in [0.25, 0.3) is 0 Å². The standard InChI is InChI=1S/C14H24N2O5S/c1-8(2)6-11(7-15)16-22(18,19)13-10(4)21-9(3)12(13)14(17)20-5/h8,11,16H,6-7,15H2,1-5H3. The van der Waals surface area contributed by atoms with E-state index in [2.05, 4.69) is 9.46 Å². The fourth-order valence-electron chi connectivity index (χ4n) is 2.36. The zero-order valence-corrected chi connectivity index (χ0v) is 14.4. The number of sulfonamides is 1. The summed E-state index contributed by atoms with van der Waals surface area (Å²) < 4.78 is 37.7. The Labute approximate surface area is 131 Å². The van der Waals surface area contributed by atoms with Crippen LogP contribution in [0.4, 0.5) is 0 Å². The van der Waals surface area contributed by atoms with Gasteiger partial charge in [-0.25, -0.2) is 17.9 Å². The minimum atomic E-state index is -3.94. The Bertz CT molecular complexity index is 634. The highest BCUT2D eigenvalue weighted by Crippen LogP contribution is 2.27. The van der Waals surface area contributed by atoms with Crippen LogP contribution in [0, 0.1) is 19.8 Å². The molecule has 0 fully saturated rings. The normalized spacial score (nSPS) is 13.4. The van der Waals surface area contributed by atoms with Crippen LogP contribution < -0.4 is 10.5 Å². The smallest absolute Gasteiger partial charge is 0.342 e. The van der Waals surface area contributed by atoms with Gasteiger partial charge in [-0.05, 0) is 26.2 Å². The maximum atomic E-state index is 12.6. The van der Waals surface area contributed by atoms with Gasteiger partial charge in [-0.15, -0.1) is 0 Å². The van der Waals surface area contributed by atoms with Crippen molar-refractivity contribution < 1.29 is 22.4 Å². The molecule has 1 aromatic heterocycles. The SMILES string of the molecule is COC(=O)c1c(C)oc(C)c1S(=O)(=O)NC(CN)CC(C)C. The van der Waals surface area contributed by atoms with E-state index in [4.69, 9.17) is 10.2 Å². The van der Waals surface area contributed by atoms with Crippen molar-refractivity contribution in [1.82, 2.24) is 4.72 Å². The van der Waals surface area contributed by atoms with E-state index in [0.29, 0.717) is 6.42 Å². The second-order valence-corrected chi connectivity index (χ2v) is 7.24. The molecule has 0 saturated carbocycles. The topological polar surface area (TPSA) is 112 Å². The first-order valence-corrected chi connectivity index (χ1v) is 8.53. The highest BCUT2D eigenvalue weighted by Gasteiger charge is 2.32. The lowest BCUT2D eigenvalue weighted by atomic mass is 10.1. The number of methoxy groups -OCH3 is 1. The van der Waals surface area contributed by atoms with Crippen molar-refractivity contribution in [3.8, 4) is 0 Å². The van der Waals surface area contributed by atoms with E-state index in [0.717, 1.165) is 0 Å². The molecule has 1 unspecified atom stereocenters. The van der Waals surface area contributed by atoms with Gasteiger partial charge in [-0.3, -0.25) is 0 Å². The largest absolute Gasteiger partial charge is 0.465 e. The molecule has 0 radical (unpaired) electrons. The van der Waals surface area contributed by atoms with E-state index in [1.807, 2.05) is 13.8 Å². The Morgan fingerprint density at radius 2 is 1.91 bits per heavy atom. The van der Waals surface area contributed by atoms with Gasteiger partial charge in [0.2, 0.25) is 10.0 Å². The van der Waals surface area contributed by atoms with Gasteiger partial charge in [-0.1, -0.05) is 13.8 Å². The van der Waals surface area contributed by atoms with Crippen LogP contribution in [0.3, 0.4) is 0 Å². The number of aryl methyl sites for hydroxylation is 2. The van der Waals surface area contributed by atoms with Crippen molar-refractivity contribution in [3.63, 3.8) is 0 Å². The highest BCUT2D eigenvalue weighted by molar-refractivity contribution is 7.89. The van der Waals surface area contributed by atoms with Gasteiger partial charge in [0, 0.05) is 12.6 Å². The van der Waals surface area contributed by atoms with Gasteiger partial charge >= 0.3 is 5.97 Å². The summed E-state index contributed by atoms with van der Waals surface area (Å²) in [5.41, 5.74) is 5.56. The van der Waals surface area contributed by atoms with E-state index in [1.165, 1.54) is 21.0 Å². The molecular weight excluding hydrogens is 308 g/mol.